The molecule has 0 spiro atoms. The summed E-state index contributed by atoms with van der Waals surface area (Å²) < 4.78 is 26.4. The number of carboxylic acid groups (broad SMARTS) is 1. The summed E-state index contributed by atoms with van der Waals surface area (Å²) in [5.74, 6) is 2.32. The molecule has 0 bridgehead atoms. The third-order valence-electron chi connectivity index (χ3n) is 14.6. The number of nitrogens with one attached hydrogen (secondary N) is 1. The van der Waals surface area contributed by atoms with Gasteiger partial charge >= 0.3 is 0 Å². The molecule has 13 nitrogen and oxygen atoms in total. The van der Waals surface area contributed by atoms with Gasteiger partial charge in [-0.15, -0.1) is 0 Å². The Morgan fingerprint density at radius 3 is 1.44 bits per heavy atom. The lowest BCUT2D eigenvalue weighted by Crippen LogP contribution is -2.26. The third kappa shape index (κ3) is 10.4. The first kappa shape index (κ1) is 49.4. The van der Waals surface area contributed by atoms with Gasteiger partial charge in [-0.3, -0.25) is 14.4 Å². The molecule has 6 aromatic rings. The number of nitrogens with zero attached hydrogens (tertiary/aromatic N) is 2. The molecule has 2 fully saturated rings. The predicted molar refractivity (Wildman–Crippen MR) is 269 cm³/mol. The second kappa shape index (κ2) is 19.5. The van der Waals surface area contributed by atoms with Crippen LogP contribution in [-0.2, 0) is 66.8 Å². The van der Waals surface area contributed by atoms with Crippen LogP contribution >= 0.6 is 0 Å². The number of amides is 1. The molecule has 0 unspecified atom stereocenters. The normalized spacial score (nSPS) is 15.9. The van der Waals surface area contributed by atoms with E-state index in [4.69, 9.17) is 24.1 Å². The van der Waals surface area contributed by atoms with Crippen LogP contribution in [0.5, 0.6) is 23.0 Å². The zero-order valence-electron chi connectivity index (χ0n) is 41.9. The van der Waals surface area contributed by atoms with Gasteiger partial charge in [0.25, 0.3) is 0 Å². The molecule has 10 rings (SSSR count). The van der Waals surface area contributed by atoms with E-state index >= 15 is 0 Å². The summed E-state index contributed by atoms with van der Waals surface area (Å²) >= 11 is 0. The number of aliphatic carboxylic acids is 1. The summed E-state index contributed by atoms with van der Waals surface area (Å²) in [6.07, 6.45) is 5.91. The average molecular weight is 965 g/mol. The Labute approximate surface area is 415 Å². The van der Waals surface area contributed by atoms with Crippen molar-refractivity contribution in [1.82, 2.24) is 14.5 Å². The minimum absolute atomic E-state index is 0.0395. The highest BCUT2D eigenvalue weighted by molar-refractivity contribution is 5.96. The van der Waals surface area contributed by atoms with Crippen molar-refractivity contribution in [2.24, 2.45) is 0 Å². The molecule has 1 amide bonds. The van der Waals surface area contributed by atoms with E-state index in [2.05, 4.69) is 98.5 Å². The van der Waals surface area contributed by atoms with Gasteiger partial charge in [-0.2, -0.15) is 0 Å². The number of hydrogen-bond donors (Lipinski definition) is 2. The van der Waals surface area contributed by atoms with Crippen LogP contribution in [0.15, 0.2) is 84.9 Å². The first-order chi connectivity index (χ1) is 33.9. The van der Waals surface area contributed by atoms with Gasteiger partial charge in [0.05, 0.1) is 17.4 Å². The Hall–Kier alpha value is -6.60. The van der Waals surface area contributed by atoms with Gasteiger partial charge in [-0.05, 0) is 128 Å². The Morgan fingerprint density at radius 2 is 1.03 bits per heavy atom. The molecule has 4 aliphatic rings. The number of carbonyl (C=O) groups is 4. The number of rotatable bonds is 18. The molecule has 0 atom stereocenters. The highest BCUT2D eigenvalue weighted by Gasteiger charge is 2.52. The molecule has 2 aliphatic heterocycles. The van der Waals surface area contributed by atoms with Crippen LogP contribution in [0.3, 0.4) is 0 Å². The van der Waals surface area contributed by atoms with Crippen molar-refractivity contribution >= 4 is 45.2 Å². The SMILES string of the molecule is CC(C)(C)c1cc2cc(CC(=O)C3(c4ccc5c(c4)OCO5)CC3)ccc2n1CCCC(=O)NCCO.CC(C)(C)c1cc2cc(CC(=O)C3(c4ccc5c(c4)OCO5)CC3)ccc2n1CCCC(=O)[O-]. The van der Waals surface area contributed by atoms with Gasteiger partial charge in [0, 0.05) is 88.9 Å². The number of ether oxygens (including phenoxy) is 4. The summed E-state index contributed by atoms with van der Waals surface area (Å²) in [6, 6.07) is 28.6. The minimum atomic E-state index is -1.02. The van der Waals surface area contributed by atoms with E-state index in [-0.39, 0.29) is 61.5 Å². The Kier molecular flexibility index (Phi) is 13.6. The van der Waals surface area contributed by atoms with Crippen LogP contribution in [0, 0.1) is 0 Å². The van der Waals surface area contributed by atoms with Gasteiger partial charge < -0.3 is 48.4 Å². The van der Waals surface area contributed by atoms with E-state index in [1.165, 1.54) is 5.69 Å². The largest absolute Gasteiger partial charge is 0.550 e. The van der Waals surface area contributed by atoms with Crippen LogP contribution < -0.4 is 29.4 Å². The number of fused-ring (bicyclic) bond motifs is 4. The predicted octanol–water partition coefficient (Wildman–Crippen LogP) is 8.44. The van der Waals surface area contributed by atoms with Crippen LogP contribution in [0.2, 0.25) is 0 Å². The van der Waals surface area contributed by atoms with Crippen molar-refractivity contribution in [3.05, 3.63) is 119 Å². The number of aromatic nitrogens is 2. The van der Waals surface area contributed by atoms with E-state index in [0.29, 0.717) is 44.4 Å². The number of carbonyl (C=O) groups excluding carboxylic acids is 4. The van der Waals surface area contributed by atoms with Crippen LogP contribution in [0.25, 0.3) is 21.8 Å². The molecular weight excluding hydrogens is 899 g/mol. The zero-order valence-corrected chi connectivity index (χ0v) is 41.9. The van der Waals surface area contributed by atoms with Crippen molar-refractivity contribution < 1.29 is 48.3 Å². The quantitative estimate of drug-likeness (QED) is 0.0853. The molecule has 2 aliphatic carbocycles. The number of aliphatic hydroxyl groups is 1. The summed E-state index contributed by atoms with van der Waals surface area (Å²) in [5.41, 5.74) is 7.60. The molecule has 13 heteroatoms. The van der Waals surface area contributed by atoms with Gasteiger partial charge in [-0.1, -0.05) is 65.8 Å². The number of aliphatic hydroxyl groups excluding tert-OH is 1. The molecule has 0 saturated heterocycles. The maximum atomic E-state index is 13.5. The first-order valence-corrected chi connectivity index (χ1v) is 25.1. The fraction of sp³-hybridized carbons (Fsp3) is 0.448. The van der Waals surface area contributed by atoms with Crippen molar-refractivity contribution in [3.8, 4) is 23.0 Å². The smallest absolute Gasteiger partial charge is 0.231 e. The summed E-state index contributed by atoms with van der Waals surface area (Å²) in [6.45, 7) is 15.1. The lowest BCUT2D eigenvalue weighted by atomic mass is 9.87. The van der Waals surface area contributed by atoms with Gasteiger partial charge in [-0.25, -0.2) is 0 Å². The average Bonchev–Trinajstić information content (AvgIpc) is 4.09. The number of ketones is 2. The molecule has 374 valence electrons. The molecule has 4 aromatic carbocycles. The molecule has 2 aromatic heterocycles. The highest BCUT2D eigenvalue weighted by atomic mass is 16.7. The zero-order chi connectivity index (χ0) is 50.3. The Morgan fingerprint density at radius 1 is 0.592 bits per heavy atom. The van der Waals surface area contributed by atoms with Crippen LogP contribution in [0.4, 0.5) is 0 Å². The van der Waals surface area contributed by atoms with Crippen molar-refractivity contribution in [3.63, 3.8) is 0 Å². The summed E-state index contributed by atoms with van der Waals surface area (Å²) in [4.78, 5) is 49.8. The minimum Gasteiger partial charge on any atom is -0.550 e. The Balaban J connectivity index is 0.000000176. The maximum absolute atomic E-state index is 13.5. The van der Waals surface area contributed by atoms with Crippen molar-refractivity contribution in [2.75, 3.05) is 26.7 Å². The maximum Gasteiger partial charge on any atom is 0.231 e. The first-order valence-electron chi connectivity index (χ1n) is 25.1. The number of carboxylic acids is 1. The summed E-state index contributed by atoms with van der Waals surface area (Å²) in [5, 5.41) is 24.7. The lowest BCUT2D eigenvalue weighted by molar-refractivity contribution is -0.305. The summed E-state index contributed by atoms with van der Waals surface area (Å²) in [7, 11) is 0. The standard InChI is InChI=1S/C30H36N2O5.C28H31NO5/c1-29(2,3)26-17-21-15-20(6-8-23(21)32(26)13-4-5-28(35)31-12-14-33)16-27(34)30(10-11-30)22-7-9-24-25(18-22)37-19-36-24;1-27(2,3)24-15-19-13-18(6-8-21(19)29(24)12-4-5-26(31)32)14-25(30)28(10-11-28)20-7-9-22-23(16-20)34-17-33-22/h6-9,15,17-18,33H,4-5,10-14,16,19H2,1-3H3,(H,31,35);6-9,13,15-16H,4-5,10-12,14,17H2,1-3H3,(H,31,32)/p-1. The second-order valence-electron chi connectivity index (χ2n) is 21.8. The van der Waals surface area contributed by atoms with E-state index in [1.54, 1.807) is 0 Å². The second-order valence-corrected chi connectivity index (χ2v) is 21.8. The molecule has 4 heterocycles. The fourth-order valence-corrected chi connectivity index (χ4v) is 10.5. The number of benzene rings is 4. The third-order valence-corrected chi connectivity index (χ3v) is 14.6. The molecule has 0 radical (unpaired) electrons. The molecular formula is C58H66N3O10-. The number of Topliss-reactive ketones (excluding diaryl/α,β-unsaturated/α-hetero) is 2. The van der Waals surface area contributed by atoms with Crippen molar-refractivity contribution in [2.45, 2.75) is 141 Å². The lowest BCUT2D eigenvalue weighted by Gasteiger charge is -2.22. The molecule has 2 saturated carbocycles. The highest BCUT2D eigenvalue weighted by Crippen LogP contribution is 2.53. The molecule has 71 heavy (non-hydrogen) atoms. The Bertz CT molecular complexity index is 3010. The van der Waals surface area contributed by atoms with Crippen LogP contribution in [-0.4, -0.2) is 64.4 Å². The fourth-order valence-electron chi connectivity index (χ4n) is 10.5. The van der Waals surface area contributed by atoms with E-state index in [0.717, 1.165) is 99.2 Å². The van der Waals surface area contributed by atoms with E-state index in [9.17, 15) is 24.3 Å². The van der Waals surface area contributed by atoms with Crippen molar-refractivity contribution in [1.29, 1.82) is 0 Å². The molecule has 2 N–H and O–H groups in total. The number of aryl methyl sites for hydroxylation is 2. The van der Waals surface area contributed by atoms with E-state index in [1.807, 2.05) is 42.5 Å². The van der Waals surface area contributed by atoms with Crippen LogP contribution in [0.1, 0.15) is 127 Å². The monoisotopic (exact) mass is 964 g/mol. The van der Waals surface area contributed by atoms with Gasteiger partial charge in [0.15, 0.2) is 23.0 Å². The van der Waals surface area contributed by atoms with Gasteiger partial charge in [0.2, 0.25) is 19.5 Å². The topological polar surface area (TPSA) is 170 Å². The van der Waals surface area contributed by atoms with E-state index < -0.39 is 16.8 Å². The van der Waals surface area contributed by atoms with Gasteiger partial charge in [0.1, 0.15) is 11.6 Å². The number of hydrogen-bond acceptors (Lipinski definition) is 10.